The summed E-state index contributed by atoms with van der Waals surface area (Å²) in [5, 5.41) is 14.4. The molecule has 0 aliphatic carbocycles. The Morgan fingerprint density at radius 3 is 2.39 bits per heavy atom. The van der Waals surface area contributed by atoms with Crippen LogP contribution in [0.5, 0.6) is 0 Å². The first-order valence-electron chi connectivity index (χ1n) is 7.18. The highest BCUT2D eigenvalue weighted by atomic mass is 35.5. The molecule has 0 spiro atoms. The van der Waals surface area contributed by atoms with Gasteiger partial charge in [-0.3, -0.25) is 4.79 Å². The Bertz CT molecular complexity index is 839. The third-order valence-corrected chi connectivity index (χ3v) is 3.88. The summed E-state index contributed by atoms with van der Waals surface area (Å²) in [4.78, 5) is 11.2. The molecule has 0 saturated heterocycles. The second kappa shape index (κ2) is 6.26. The molecular formula is C18H15ClN2O2. The first-order valence-corrected chi connectivity index (χ1v) is 7.55. The Kier molecular flexibility index (Phi) is 4.17. The summed E-state index contributed by atoms with van der Waals surface area (Å²) in [6, 6.07) is 17.0. The third kappa shape index (κ3) is 3.12. The molecule has 0 aliphatic rings. The van der Waals surface area contributed by atoms with Gasteiger partial charge in [-0.25, -0.2) is 4.68 Å². The maximum Gasteiger partial charge on any atom is 0.307 e. The highest BCUT2D eigenvalue weighted by molar-refractivity contribution is 6.30. The molecule has 0 fully saturated rings. The second-order valence-electron chi connectivity index (χ2n) is 5.24. The fourth-order valence-corrected chi connectivity index (χ4v) is 2.71. The molecule has 5 heteroatoms. The Morgan fingerprint density at radius 2 is 1.78 bits per heavy atom. The Labute approximate surface area is 139 Å². The van der Waals surface area contributed by atoms with Gasteiger partial charge in [0, 0.05) is 16.1 Å². The van der Waals surface area contributed by atoms with Gasteiger partial charge < -0.3 is 5.11 Å². The van der Waals surface area contributed by atoms with Crippen molar-refractivity contribution in [3.05, 3.63) is 70.9 Å². The monoisotopic (exact) mass is 326 g/mol. The number of carbonyl (C=O) groups is 1. The van der Waals surface area contributed by atoms with Gasteiger partial charge in [0.2, 0.25) is 0 Å². The van der Waals surface area contributed by atoms with Crippen molar-refractivity contribution in [1.29, 1.82) is 0 Å². The van der Waals surface area contributed by atoms with Gasteiger partial charge in [0.05, 0.1) is 23.5 Å². The lowest BCUT2D eigenvalue weighted by molar-refractivity contribution is -0.136. The topological polar surface area (TPSA) is 55.1 Å². The van der Waals surface area contributed by atoms with E-state index in [9.17, 15) is 9.90 Å². The lowest BCUT2D eigenvalue weighted by Gasteiger charge is -2.10. The number of halogens is 1. The zero-order chi connectivity index (χ0) is 16.4. The molecule has 3 aromatic rings. The molecule has 4 nitrogen and oxygen atoms in total. The molecule has 0 amide bonds. The fourth-order valence-electron chi connectivity index (χ4n) is 2.58. The summed E-state index contributed by atoms with van der Waals surface area (Å²) in [6.07, 6.45) is -0.0658. The first-order chi connectivity index (χ1) is 11.1. The van der Waals surface area contributed by atoms with E-state index < -0.39 is 5.97 Å². The normalized spacial score (nSPS) is 10.7. The van der Waals surface area contributed by atoms with E-state index in [1.54, 1.807) is 16.8 Å². The van der Waals surface area contributed by atoms with Crippen LogP contribution in [-0.2, 0) is 11.2 Å². The van der Waals surface area contributed by atoms with Crippen LogP contribution in [0.3, 0.4) is 0 Å². The van der Waals surface area contributed by atoms with Crippen molar-refractivity contribution in [3.63, 3.8) is 0 Å². The van der Waals surface area contributed by atoms with Gasteiger partial charge in [-0.05, 0) is 31.2 Å². The van der Waals surface area contributed by atoms with Crippen molar-refractivity contribution in [2.45, 2.75) is 13.3 Å². The maximum absolute atomic E-state index is 11.2. The van der Waals surface area contributed by atoms with E-state index >= 15 is 0 Å². The van der Waals surface area contributed by atoms with Gasteiger partial charge >= 0.3 is 5.97 Å². The van der Waals surface area contributed by atoms with E-state index in [1.807, 2.05) is 49.4 Å². The molecule has 1 aromatic heterocycles. The summed E-state index contributed by atoms with van der Waals surface area (Å²) < 4.78 is 1.78. The van der Waals surface area contributed by atoms with Crippen LogP contribution in [0.1, 0.15) is 11.3 Å². The number of carboxylic acid groups (broad SMARTS) is 1. The van der Waals surface area contributed by atoms with Gasteiger partial charge in [0.1, 0.15) is 0 Å². The van der Waals surface area contributed by atoms with Crippen molar-refractivity contribution >= 4 is 17.6 Å². The number of nitrogens with zero attached hydrogens (tertiary/aromatic N) is 2. The van der Waals surface area contributed by atoms with E-state index in [-0.39, 0.29) is 6.42 Å². The highest BCUT2D eigenvalue weighted by Crippen LogP contribution is 2.29. The van der Waals surface area contributed by atoms with Crippen LogP contribution < -0.4 is 0 Å². The maximum atomic E-state index is 11.2. The number of benzene rings is 2. The highest BCUT2D eigenvalue weighted by Gasteiger charge is 2.19. The van der Waals surface area contributed by atoms with Gasteiger partial charge in [-0.2, -0.15) is 5.10 Å². The standard InChI is InChI=1S/C18H15ClN2O2/c1-12-16(11-17(22)23)18(13-5-3-2-4-6-13)21(20-12)15-9-7-14(19)8-10-15/h2-10H,11H2,1H3,(H,22,23). The van der Waals surface area contributed by atoms with E-state index in [1.165, 1.54) is 0 Å². The summed E-state index contributed by atoms with van der Waals surface area (Å²) >= 11 is 5.95. The Hall–Kier alpha value is -2.59. The zero-order valence-corrected chi connectivity index (χ0v) is 13.3. The Balaban J connectivity index is 2.23. The van der Waals surface area contributed by atoms with Gasteiger partial charge in [-0.1, -0.05) is 41.9 Å². The van der Waals surface area contributed by atoms with Crippen LogP contribution in [0.15, 0.2) is 54.6 Å². The summed E-state index contributed by atoms with van der Waals surface area (Å²) in [5.41, 5.74) is 4.00. The molecule has 3 rings (SSSR count). The minimum absolute atomic E-state index is 0.0658. The van der Waals surface area contributed by atoms with E-state index in [0.29, 0.717) is 10.7 Å². The van der Waals surface area contributed by atoms with Crippen molar-refractivity contribution in [2.24, 2.45) is 0 Å². The predicted octanol–water partition coefficient (Wildman–Crippen LogP) is 4.13. The van der Waals surface area contributed by atoms with Crippen LogP contribution in [0.25, 0.3) is 16.9 Å². The molecule has 0 radical (unpaired) electrons. The summed E-state index contributed by atoms with van der Waals surface area (Å²) in [5.74, 6) is -0.874. The molecule has 0 unspecified atom stereocenters. The van der Waals surface area contributed by atoms with E-state index in [0.717, 1.165) is 22.5 Å². The average Bonchev–Trinajstić information content (AvgIpc) is 2.85. The minimum atomic E-state index is -0.874. The Morgan fingerprint density at radius 1 is 1.13 bits per heavy atom. The SMILES string of the molecule is Cc1nn(-c2ccc(Cl)cc2)c(-c2ccccc2)c1CC(=O)O. The zero-order valence-electron chi connectivity index (χ0n) is 12.5. The number of carboxylic acids is 1. The largest absolute Gasteiger partial charge is 0.481 e. The van der Waals surface area contributed by atoms with Crippen molar-refractivity contribution in [1.82, 2.24) is 9.78 Å². The van der Waals surface area contributed by atoms with Gasteiger partial charge in [0.15, 0.2) is 0 Å². The van der Waals surface area contributed by atoms with Crippen LogP contribution in [-0.4, -0.2) is 20.9 Å². The summed E-state index contributed by atoms with van der Waals surface area (Å²) in [6.45, 7) is 1.83. The molecular weight excluding hydrogens is 312 g/mol. The average molecular weight is 327 g/mol. The molecule has 0 saturated carbocycles. The number of aryl methyl sites for hydroxylation is 1. The van der Waals surface area contributed by atoms with E-state index in [2.05, 4.69) is 5.10 Å². The smallest absolute Gasteiger partial charge is 0.307 e. The molecule has 1 N–H and O–H groups in total. The van der Waals surface area contributed by atoms with Crippen LogP contribution in [0.4, 0.5) is 0 Å². The van der Waals surface area contributed by atoms with E-state index in [4.69, 9.17) is 11.6 Å². The number of hydrogen-bond donors (Lipinski definition) is 1. The molecule has 0 bridgehead atoms. The fraction of sp³-hybridized carbons (Fsp3) is 0.111. The summed E-state index contributed by atoms with van der Waals surface area (Å²) in [7, 11) is 0. The lowest BCUT2D eigenvalue weighted by atomic mass is 10.0. The minimum Gasteiger partial charge on any atom is -0.481 e. The molecule has 116 valence electrons. The van der Waals surface area contributed by atoms with Gasteiger partial charge in [0.25, 0.3) is 0 Å². The van der Waals surface area contributed by atoms with Crippen LogP contribution in [0, 0.1) is 6.92 Å². The second-order valence-corrected chi connectivity index (χ2v) is 5.67. The molecule has 1 heterocycles. The van der Waals surface area contributed by atoms with Gasteiger partial charge in [-0.15, -0.1) is 0 Å². The lowest BCUT2D eigenvalue weighted by Crippen LogP contribution is -2.04. The number of rotatable bonds is 4. The van der Waals surface area contributed by atoms with Crippen LogP contribution in [0.2, 0.25) is 5.02 Å². The molecule has 23 heavy (non-hydrogen) atoms. The number of hydrogen-bond acceptors (Lipinski definition) is 2. The molecule has 0 atom stereocenters. The number of aromatic nitrogens is 2. The quantitative estimate of drug-likeness (QED) is 0.784. The van der Waals surface area contributed by atoms with Crippen molar-refractivity contribution in [3.8, 4) is 16.9 Å². The van der Waals surface area contributed by atoms with Crippen LogP contribution >= 0.6 is 11.6 Å². The molecule has 2 aromatic carbocycles. The third-order valence-electron chi connectivity index (χ3n) is 3.63. The predicted molar refractivity (Wildman–Crippen MR) is 90.1 cm³/mol. The first kappa shape index (κ1) is 15.3. The number of aliphatic carboxylic acids is 1. The van der Waals surface area contributed by atoms with Crippen molar-refractivity contribution in [2.75, 3.05) is 0 Å². The molecule has 0 aliphatic heterocycles. The van der Waals surface area contributed by atoms with Crippen molar-refractivity contribution < 1.29 is 9.90 Å².